The van der Waals surface area contributed by atoms with E-state index in [0.29, 0.717) is 29.4 Å². The van der Waals surface area contributed by atoms with Gasteiger partial charge in [0.25, 0.3) is 0 Å². The lowest BCUT2D eigenvalue weighted by Gasteiger charge is -2.19. The van der Waals surface area contributed by atoms with E-state index >= 15 is 0 Å². The Balaban J connectivity index is 0.00000400. The molecule has 0 radical (unpaired) electrons. The normalized spacial score (nSPS) is 11.1. The Morgan fingerprint density at radius 3 is 2.24 bits per heavy atom. The summed E-state index contributed by atoms with van der Waals surface area (Å²) < 4.78 is 20.7. The molecule has 21 heavy (non-hydrogen) atoms. The molecule has 2 N–H and O–H groups in total. The lowest BCUT2D eigenvalue weighted by molar-refractivity contribution is -0.143. The third-order valence-electron chi connectivity index (χ3n) is 2.83. The Morgan fingerprint density at radius 1 is 1.14 bits per heavy atom. The maximum atomic E-state index is 11.5. The van der Waals surface area contributed by atoms with Crippen molar-refractivity contribution in [3.8, 4) is 17.2 Å². The van der Waals surface area contributed by atoms with Crippen molar-refractivity contribution in [1.29, 1.82) is 0 Å². The zero-order chi connectivity index (χ0) is 15.1. The van der Waals surface area contributed by atoms with Gasteiger partial charge in [-0.05, 0) is 19.1 Å². The SMILES string of the molecule is CCOC(=O)C[C@@H](N)c1ccc(OC)c(OC)c1OC.Cl. The van der Waals surface area contributed by atoms with Gasteiger partial charge in [0, 0.05) is 11.6 Å². The van der Waals surface area contributed by atoms with Crippen molar-refractivity contribution in [3.05, 3.63) is 17.7 Å². The molecule has 1 aromatic rings. The molecule has 1 rings (SSSR count). The summed E-state index contributed by atoms with van der Waals surface area (Å²) >= 11 is 0. The van der Waals surface area contributed by atoms with Gasteiger partial charge in [-0.3, -0.25) is 4.79 Å². The van der Waals surface area contributed by atoms with Crippen LogP contribution in [0.4, 0.5) is 0 Å². The molecule has 0 aliphatic carbocycles. The Hall–Kier alpha value is -1.66. The van der Waals surface area contributed by atoms with Gasteiger partial charge >= 0.3 is 5.97 Å². The van der Waals surface area contributed by atoms with E-state index in [-0.39, 0.29) is 24.8 Å². The van der Waals surface area contributed by atoms with Gasteiger partial charge in [0.15, 0.2) is 11.5 Å². The minimum Gasteiger partial charge on any atom is -0.493 e. The second-order valence-electron chi connectivity index (χ2n) is 4.04. The smallest absolute Gasteiger partial charge is 0.307 e. The summed E-state index contributed by atoms with van der Waals surface area (Å²) in [6.07, 6.45) is 0.0691. The van der Waals surface area contributed by atoms with E-state index in [4.69, 9.17) is 24.7 Å². The molecule has 0 amide bonds. The topological polar surface area (TPSA) is 80.0 Å². The average molecular weight is 320 g/mol. The fourth-order valence-electron chi connectivity index (χ4n) is 1.93. The van der Waals surface area contributed by atoms with E-state index < -0.39 is 6.04 Å². The molecule has 6 nitrogen and oxygen atoms in total. The Bertz CT molecular complexity index is 467. The number of rotatable bonds is 7. The van der Waals surface area contributed by atoms with Crippen molar-refractivity contribution < 1.29 is 23.7 Å². The highest BCUT2D eigenvalue weighted by Gasteiger charge is 2.22. The Labute approximate surface area is 130 Å². The number of methoxy groups -OCH3 is 3. The summed E-state index contributed by atoms with van der Waals surface area (Å²) in [5.41, 5.74) is 6.71. The van der Waals surface area contributed by atoms with Crippen LogP contribution < -0.4 is 19.9 Å². The highest BCUT2D eigenvalue weighted by molar-refractivity contribution is 5.85. The second-order valence-corrected chi connectivity index (χ2v) is 4.04. The third kappa shape index (κ3) is 4.68. The lowest BCUT2D eigenvalue weighted by atomic mass is 10.0. The molecule has 0 heterocycles. The van der Waals surface area contributed by atoms with Crippen molar-refractivity contribution in [3.63, 3.8) is 0 Å². The third-order valence-corrected chi connectivity index (χ3v) is 2.83. The standard InChI is InChI=1S/C14H21NO5.ClH/c1-5-20-12(16)8-10(15)9-6-7-11(17-2)14(19-4)13(9)18-3;/h6-7,10H,5,8,15H2,1-4H3;1H/t10-;/m1./s1. The van der Waals surface area contributed by atoms with Crippen molar-refractivity contribution in [2.45, 2.75) is 19.4 Å². The zero-order valence-electron chi connectivity index (χ0n) is 12.7. The molecular formula is C14H22ClNO5. The molecule has 120 valence electrons. The molecule has 0 unspecified atom stereocenters. The zero-order valence-corrected chi connectivity index (χ0v) is 13.5. The molecule has 0 aliphatic heterocycles. The van der Waals surface area contributed by atoms with Gasteiger partial charge in [0.05, 0.1) is 34.4 Å². The monoisotopic (exact) mass is 319 g/mol. The molecule has 1 atom stereocenters. The molecule has 1 aromatic carbocycles. The highest BCUT2D eigenvalue weighted by atomic mass is 35.5. The van der Waals surface area contributed by atoms with Crippen molar-refractivity contribution in [2.75, 3.05) is 27.9 Å². The lowest BCUT2D eigenvalue weighted by Crippen LogP contribution is -2.18. The maximum Gasteiger partial charge on any atom is 0.307 e. The van der Waals surface area contributed by atoms with Crippen LogP contribution >= 0.6 is 12.4 Å². The number of hydrogen-bond donors (Lipinski definition) is 1. The van der Waals surface area contributed by atoms with Crippen LogP contribution in [-0.2, 0) is 9.53 Å². The van der Waals surface area contributed by atoms with Gasteiger partial charge in [-0.15, -0.1) is 12.4 Å². The summed E-state index contributed by atoms with van der Waals surface area (Å²) in [6, 6.07) is 2.94. The first-order valence-electron chi connectivity index (χ1n) is 6.29. The van der Waals surface area contributed by atoms with E-state index in [1.165, 1.54) is 21.3 Å². The number of carbonyl (C=O) groups is 1. The Kier molecular flexibility index (Phi) is 8.57. The molecular weight excluding hydrogens is 298 g/mol. The number of halogens is 1. The number of esters is 1. The van der Waals surface area contributed by atoms with Crippen LogP contribution in [0, 0.1) is 0 Å². The summed E-state index contributed by atoms with van der Waals surface area (Å²) in [4.78, 5) is 11.5. The molecule has 0 saturated heterocycles. The van der Waals surface area contributed by atoms with Crippen LogP contribution in [0.3, 0.4) is 0 Å². The Morgan fingerprint density at radius 2 is 1.76 bits per heavy atom. The van der Waals surface area contributed by atoms with Crippen LogP contribution in [0.15, 0.2) is 12.1 Å². The van der Waals surface area contributed by atoms with E-state index in [0.717, 1.165) is 0 Å². The molecule has 0 saturated carbocycles. The first-order chi connectivity index (χ1) is 9.58. The molecule has 0 aliphatic rings. The van der Waals surface area contributed by atoms with Crippen LogP contribution in [0.5, 0.6) is 17.2 Å². The molecule has 0 aromatic heterocycles. The van der Waals surface area contributed by atoms with Crippen LogP contribution in [-0.4, -0.2) is 33.9 Å². The van der Waals surface area contributed by atoms with E-state index in [9.17, 15) is 4.79 Å². The highest BCUT2D eigenvalue weighted by Crippen LogP contribution is 2.42. The van der Waals surface area contributed by atoms with E-state index in [1.54, 1.807) is 19.1 Å². The molecule has 0 fully saturated rings. The first kappa shape index (κ1) is 19.3. The number of hydrogen-bond acceptors (Lipinski definition) is 6. The summed E-state index contributed by atoms with van der Waals surface area (Å²) in [5.74, 6) is 1.10. The fourth-order valence-corrected chi connectivity index (χ4v) is 1.93. The number of carbonyl (C=O) groups excluding carboxylic acids is 1. The van der Waals surface area contributed by atoms with Crippen molar-refractivity contribution >= 4 is 18.4 Å². The van der Waals surface area contributed by atoms with E-state index in [2.05, 4.69) is 0 Å². The molecule has 0 spiro atoms. The van der Waals surface area contributed by atoms with Gasteiger partial charge in [-0.2, -0.15) is 0 Å². The van der Waals surface area contributed by atoms with Crippen LogP contribution in [0.2, 0.25) is 0 Å². The average Bonchev–Trinajstić information content (AvgIpc) is 2.45. The summed E-state index contributed by atoms with van der Waals surface area (Å²) in [7, 11) is 4.56. The van der Waals surface area contributed by atoms with Gasteiger partial charge in [-0.1, -0.05) is 0 Å². The summed E-state index contributed by atoms with van der Waals surface area (Å²) in [5, 5.41) is 0. The quantitative estimate of drug-likeness (QED) is 0.775. The van der Waals surface area contributed by atoms with Crippen LogP contribution in [0.25, 0.3) is 0 Å². The van der Waals surface area contributed by atoms with Crippen molar-refractivity contribution in [2.24, 2.45) is 5.73 Å². The predicted molar refractivity (Wildman–Crippen MR) is 81.5 cm³/mol. The number of ether oxygens (including phenoxy) is 4. The van der Waals surface area contributed by atoms with Crippen molar-refractivity contribution in [1.82, 2.24) is 0 Å². The molecule has 0 bridgehead atoms. The maximum absolute atomic E-state index is 11.5. The number of nitrogens with two attached hydrogens (primary N) is 1. The number of benzene rings is 1. The minimum atomic E-state index is -0.538. The van der Waals surface area contributed by atoms with Crippen LogP contribution in [0.1, 0.15) is 24.9 Å². The second kappa shape index (κ2) is 9.31. The first-order valence-corrected chi connectivity index (χ1v) is 6.29. The largest absolute Gasteiger partial charge is 0.493 e. The van der Waals surface area contributed by atoms with Gasteiger partial charge in [0.1, 0.15) is 0 Å². The predicted octanol–water partition coefficient (Wildman–Crippen LogP) is 2.09. The van der Waals surface area contributed by atoms with Gasteiger partial charge < -0.3 is 24.7 Å². The van der Waals surface area contributed by atoms with Gasteiger partial charge in [-0.25, -0.2) is 0 Å². The minimum absolute atomic E-state index is 0. The fraction of sp³-hybridized carbons (Fsp3) is 0.500. The van der Waals surface area contributed by atoms with E-state index in [1.807, 2.05) is 0 Å². The van der Waals surface area contributed by atoms with Gasteiger partial charge in [0.2, 0.25) is 5.75 Å². The summed E-state index contributed by atoms with van der Waals surface area (Å²) in [6.45, 7) is 2.08. The molecule has 7 heteroatoms.